The maximum atomic E-state index is 13.2. The zero-order chi connectivity index (χ0) is 15.0. The summed E-state index contributed by atoms with van der Waals surface area (Å²) in [5.74, 6) is 0.310. The number of hydrogen-bond acceptors (Lipinski definition) is 2. The first-order valence-electron chi connectivity index (χ1n) is 6.07. The monoisotopic (exact) mass is 311 g/mol. The molecule has 0 radical (unpaired) electrons. The number of rotatable bonds is 2. The van der Waals surface area contributed by atoms with E-state index < -0.39 is 11.7 Å². The van der Waals surface area contributed by atoms with E-state index >= 15 is 0 Å². The first-order chi connectivity index (χ1) is 10.0. The van der Waals surface area contributed by atoms with Crippen molar-refractivity contribution in [3.05, 3.63) is 54.0 Å². The number of benzene rings is 1. The molecule has 0 saturated carbocycles. The van der Waals surface area contributed by atoms with Gasteiger partial charge in [-0.2, -0.15) is 13.2 Å². The molecule has 0 bridgehead atoms. The van der Waals surface area contributed by atoms with E-state index in [-0.39, 0.29) is 11.6 Å². The molecule has 0 saturated heterocycles. The third-order valence-corrected chi connectivity index (χ3v) is 3.29. The SMILES string of the molecule is FC(F)(F)c1ccccc1-n1c(CCl)nc2cccnc21. The zero-order valence-electron chi connectivity index (χ0n) is 10.6. The summed E-state index contributed by atoms with van der Waals surface area (Å²) in [6.45, 7) is 0. The third-order valence-electron chi connectivity index (χ3n) is 3.06. The molecule has 3 rings (SSSR count). The maximum absolute atomic E-state index is 13.2. The number of para-hydroxylation sites is 1. The lowest BCUT2D eigenvalue weighted by atomic mass is 10.1. The molecule has 0 aliphatic carbocycles. The fraction of sp³-hybridized carbons (Fsp3) is 0.143. The molecule has 1 aromatic carbocycles. The molecule has 108 valence electrons. The Kier molecular flexibility index (Phi) is 3.33. The first-order valence-corrected chi connectivity index (χ1v) is 6.60. The first kappa shape index (κ1) is 13.9. The summed E-state index contributed by atoms with van der Waals surface area (Å²) < 4.78 is 40.9. The van der Waals surface area contributed by atoms with E-state index in [0.29, 0.717) is 17.0 Å². The highest BCUT2D eigenvalue weighted by atomic mass is 35.5. The van der Waals surface area contributed by atoms with Gasteiger partial charge in [-0.15, -0.1) is 11.6 Å². The van der Waals surface area contributed by atoms with Crippen molar-refractivity contribution in [1.82, 2.24) is 14.5 Å². The van der Waals surface area contributed by atoms with Gasteiger partial charge in [0.05, 0.1) is 17.1 Å². The minimum Gasteiger partial charge on any atom is -0.279 e. The molecule has 21 heavy (non-hydrogen) atoms. The van der Waals surface area contributed by atoms with Crippen LogP contribution in [0.4, 0.5) is 13.2 Å². The summed E-state index contributed by atoms with van der Waals surface area (Å²) in [4.78, 5) is 8.36. The molecular formula is C14H9ClF3N3. The van der Waals surface area contributed by atoms with Crippen LogP contribution in [0.1, 0.15) is 11.4 Å². The number of fused-ring (bicyclic) bond motifs is 1. The molecule has 2 aromatic heterocycles. The van der Waals surface area contributed by atoms with Gasteiger partial charge in [0.25, 0.3) is 0 Å². The predicted molar refractivity (Wildman–Crippen MR) is 73.4 cm³/mol. The summed E-state index contributed by atoms with van der Waals surface area (Å²) in [7, 11) is 0. The van der Waals surface area contributed by atoms with Crippen molar-refractivity contribution in [1.29, 1.82) is 0 Å². The van der Waals surface area contributed by atoms with E-state index in [2.05, 4.69) is 9.97 Å². The van der Waals surface area contributed by atoms with Crippen LogP contribution in [0.2, 0.25) is 0 Å². The summed E-state index contributed by atoms with van der Waals surface area (Å²) in [5.41, 5.74) is 0.0816. The summed E-state index contributed by atoms with van der Waals surface area (Å²) in [6.07, 6.45) is -2.96. The topological polar surface area (TPSA) is 30.7 Å². The van der Waals surface area contributed by atoms with E-state index in [1.54, 1.807) is 12.1 Å². The smallest absolute Gasteiger partial charge is 0.279 e. The number of halogens is 4. The van der Waals surface area contributed by atoms with Gasteiger partial charge in [0.2, 0.25) is 0 Å². The van der Waals surface area contributed by atoms with Crippen LogP contribution in [0.15, 0.2) is 42.6 Å². The van der Waals surface area contributed by atoms with Crippen LogP contribution >= 0.6 is 11.6 Å². The van der Waals surface area contributed by atoms with Crippen LogP contribution < -0.4 is 0 Å². The molecule has 0 atom stereocenters. The largest absolute Gasteiger partial charge is 0.418 e. The van der Waals surface area contributed by atoms with Crippen LogP contribution in [-0.2, 0) is 12.1 Å². The Morgan fingerprint density at radius 1 is 1.10 bits per heavy atom. The van der Waals surface area contributed by atoms with Gasteiger partial charge in [-0.05, 0) is 24.3 Å². The Balaban J connectivity index is 2.36. The molecule has 3 nitrogen and oxygen atoms in total. The van der Waals surface area contributed by atoms with Crippen molar-refractivity contribution in [2.75, 3.05) is 0 Å². The van der Waals surface area contributed by atoms with E-state index in [1.165, 1.54) is 29.0 Å². The molecule has 2 heterocycles. The Morgan fingerprint density at radius 2 is 1.86 bits per heavy atom. The average molecular weight is 312 g/mol. The summed E-state index contributed by atoms with van der Waals surface area (Å²) in [6, 6.07) is 8.66. The van der Waals surface area contributed by atoms with Crippen molar-refractivity contribution < 1.29 is 13.2 Å². The highest BCUT2D eigenvalue weighted by molar-refractivity contribution is 6.16. The molecule has 0 aliphatic heterocycles. The van der Waals surface area contributed by atoms with Crippen LogP contribution in [0.25, 0.3) is 16.9 Å². The van der Waals surface area contributed by atoms with Crippen molar-refractivity contribution in [2.24, 2.45) is 0 Å². The zero-order valence-corrected chi connectivity index (χ0v) is 11.4. The highest BCUT2D eigenvalue weighted by Crippen LogP contribution is 2.35. The molecule has 3 aromatic rings. The van der Waals surface area contributed by atoms with Crippen molar-refractivity contribution in [3.63, 3.8) is 0 Å². The van der Waals surface area contributed by atoms with Gasteiger partial charge in [-0.25, -0.2) is 9.97 Å². The number of aromatic nitrogens is 3. The second kappa shape index (κ2) is 5.04. The van der Waals surface area contributed by atoms with Gasteiger partial charge in [0.1, 0.15) is 11.3 Å². The molecule has 0 spiro atoms. The number of nitrogens with zero attached hydrogens (tertiary/aromatic N) is 3. The second-order valence-electron chi connectivity index (χ2n) is 4.36. The minimum atomic E-state index is -4.47. The quantitative estimate of drug-likeness (QED) is 0.665. The van der Waals surface area contributed by atoms with E-state index in [9.17, 15) is 13.2 Å². The molecule has 0 fully saturated rings. The third kappa shape index (κ3) is 2.35. The Morgan fingerprint density at radius 3 is 2.57 bits per heavy atom. The lowest BCUT2D eigenvalue weighted by Crippen LogP contribution is -2.12. The van der Waals surface area contributed by atoms with Gasteiger partial charge in [0.15, 0.2) is 5.65 Å². The van der Waals surface area contributed by atoms with Gasteiger partial charge in [0, 0.05) is 6.20 Å². The van der Waals surface area contributed by atoms with E-state index in [0.717, 1.165) is 6.07 Å². The number of imidazole rings is 1. The molecule has 0 N–H and O–H groups in total. The number of alkyl halides is 4. The van der Waals surface area contributed by atoms with Crippen LogP contribution in [-0.4, -0.2) is 14.5 Å². The fourth-order valence-electron chi connectivity index (χ4n) is 2.21. The molecule has 7 heteroatoms. The van der Waals surface area contributed by atoms with Crippen LogP contribution in [0.5, 0.6) is 0 Å². The Hall–Kier alpha value is -2.08. The van der Waals surface area contributed by atoms with Crippen LogP contribution in [0.3, 0.4) is 0 Å². The lowest BCUT2D eigenvalue weighted by Gasteiger charge is -2.15. The Bertz CT molecular complexity index is 796. The van der Waals surface area contributed by atoms with Crippen molar-refractivity contribution in [3.8, 4) is 5.69 Å². The average Bonchev–Trinajstić information content (AvgIpc) is 2.84. The number of pyridine rings is 1. The van der Waals surface area contributed by atoms with Gasteiger partial charge in [-0.3, -0.25) is 4.57 Å². The molecule has 0 unspecified atom stereocenters. The normalized spacial score (nSPS) is 12.0. The van der Waals surface area contributed by atoms with Gasteiger partial charge < -0.3 is 0 Å². The lowest BCUT2D eigenvalue weighted by molar-refractivity contribution is -0.137. The van der Waals surface area contributed by atoms with E-state index in [4.69, 9.17) is 11.6 Å². The summed E-state index contributed by atoms with van der Waals surface area (Å²) in [5, 5.41) is 0. The Labute approximate surface area is 123 Å². The maximum Gasteiger partial charge on any atom is 0.418 e. The molecule has 0 amide bonds. The van der Waals surface area contributed by atoms with Crippen molar-refractivity contribution >= 4 is 22.8 Å². The van der Waals surface area contributed by atoms with Crippen molar-refractivity contribution in [2.45, 2.75) is 12.1 Å². The van der Waals surface area contributed by atoms with Crippen LogP contribution in [0, 0.1) is 0 Å². The van der Waals surface area contributed by atoms with E-state index in [1.807, 2.05) is 0 Å². The highest BCUT2D eigenvalue weighted by Gasteiger charge is 2.34. The van der Waals surface area contributed by atoms with Gasteiger partial charge in [-0.1, -0.05) is 12.1 Å². The molecular weight excluding hydrogens is 303 g/mol. The minimum absolute atomic E-state index is 0.0114. The second-order valence-corrected chi connectivity index (χ2v) is 4.63. The van der Waals surface area contributed by atoms with Gasteiger partial charge >= 0.3 is 6.18 Å². The summed E-state index contributed by atoms with van der Waals surface area (Å²) >= 11 is 5.83. The fourth-order valence-corrected chi connectivity index (χ4v) is 2.39. The molecule has 0 aliphatic rings. The standard InChI is InChI=1S/C14H9ClF3N3/c15-8-12-20-10-5-3-7-19-13(10)21(12)11-6-2-1-4-9(11)14(16,17)18/h1-7H,8H2. The number of hydrogen-bond donors (Lipinski definition) is 0. The predicted octanol–water partition coefficient (Wildman–Crippen LogP) is 4.18.